The van der Waals surface area contributed by atoms with E-state index in [9.17, 15) is 9.59 Å². The van der Waals surface area contributed by atoms with Gasteiger partial charge in [-0.2, -0.15) is 0 Å². The molecule has 0 fully saturated rings. The highest BCUT2D eigenvalue weighted by atomic mass is 35.5. The number of nitrogens with one attached hydrogen (secondary N) is 1. The number of rotatable bonds is 5. The summed E-state index contributed by atoms with van der Waals surface area (Å²) in [6.45, 7) is 11.3. The van der Waals surface area contributed by atoms with Crippen molar-refractivity contribution in [2.75, 3.05) is 6.61 Å². The fraction of sp³-hybridized carbons (Fsp3) is 0.364. The summed E-state index contributed by atoms with van der Waals surface area (Å²) < 4.78 is 5.28. The van der Waals surface area contributed by atoms with Crippen LogP contribution in [0.4, 0.5) is 0 Å². The molecule has 144 valence electrons. The van der Waals surface area contributed by atoms with Gasteiger partial charge in [0.15, 0.2) is 6.61 Å². The zero-order chi connectivity index (χ0) is 20.3. The SMILES string of the molecule is Cc1c(C)c(C)c(C(=O)OCC(=O)N[C@@H](C)c2ccccc2Cl)c(C)c1C. The van der Waals surface area contributed by atoms with Crippen LogP contribution >= 0.6 is 11.6 Å². The van der Waals surface area contributed by atoms with Crippen molar-refractivity contribution in [3.8, 4) is 0 Å². The number of amides is 1. The Morgan fingerprint density at radius 3 is 2.04 bits per heavy atom. The standard InChI is InChI=1S/C22H26ClNO3/c1-12-13(2)15(4)21(16(5)14(12)3)22(26)27-11-20(25)24-17(6)18-9-7-8-10-19(18)23/h7-10,17H,11H2,1-6H3,(H,24,25)/t17-/m0/s1. The Hall–Kier alpha value is -2.33. The minimum absolute atomic E-state index is 0.280. The van der Waals surface area contributed by atoms with Gasteiger partial charge in [-0.05, 0) is 81.0 Å². The Morgan fingerprint density at radius 2 is 1.48 bits per heavy atom. The lowest BCUT2D eigenvalue weighted by molar-refractivity contribution is -0.124. The van der Waals surface area contributed by atoms with E-state index in [1.165, 1.54) is 5.56 Å². The van der Waals surface area contributed by atoms with Crippen molar-refractivity contribution in [2.45, 2.75) is 47.6 Å². The predicted molar refractivity (Wildman–Crippen MR) is 108 cm³/mol. The first-order chi connectivity index (χ1) is 12.6. The Kier molecular flexibility index (Phi) is 6.66. The number of carbonyl (C=O) groups is 2. The summed E-state index contributed by atoms with van der Waals surface area (Å²) >= 11 is 6.15. The van der Waals surface area contributed by atoms with Gasteiger partial charge in [0.1, 0.15) is 0 Å². The quantitative estimate of drug-likeness (QED) is 0.741. The summed E-state index contributed by atoms with van der Waals surface area (Å²) in [5, 5.41) is 3.39. The van der Waals surface area contributed by atoms with E-state index in [-0.39, 0.29) is 18.6 Å². The second-order valence-corrected chi connectivity index (χ2v) is 7.29. The molecule has 5 heteroatoms. The summed E-state index contributed by atoms with van der Waals surface area (Å²) in [5.74, 6) is -0.844. The second kappa shape index (κ2) is 8.57. The maximum atomic E-state index is 12.6. The lowest BCUT2D eigenvalue weighted by Gasteiger charge is -2.18. The van der Waals surface area contributed by atoms with E-state index in [4.69, 9.17) is 16.3 Å². The smallest absolute Gasteiger partial charge is 0.339 e. The largest absolute Gasteiger partial charge is 0.452 e. The number of benzene rings is 2. The average Bonchev–Trinajstić information content (AvgIpc) is 2.63. The van der Waals surface area contributed by atoms with Gasteiger partial charge in [0.05, 0.1) is 11.6 Å². The first-order valence-electron chi connectivity index (χ1n) is 8.93. The molecule has 0 saturated heterocycles. The third-order valence-electron chi connectivity index (χ3n) is 5.29. The van der Waals surface area contributed by atoms with Crippen LogP contribution in [-0.2, 0) is 9.53 Å². The Morgan fingerprint density at radius 1 is 0.963 bits per heavy atom. The molecular formula is C22H26ClNO3. The summed E-state index contributed by atoms with van der Waals surface area (Å²) in [6, 6.07) is 7.03. The molecule has 0 saturated carbocycles. The molecule has 0 heterocycles. The van der Waals surface area contributed by atoms with Crippen LogP contribution in [0.3, 0.4) is 0 Å². The van der Waals surface area contributed by atoms with E-state index in [1.54, 1.807) is 6.07 Å². The molecule has 0 radical (unpaired) electrons. The van der Waals surface area contributed by atoms with E-state index in [0.29, 0.717) is 10.6 Å². The maximum absolute atomic E-state index is 12.6. The maximum Gasteiger partial charge on any atom is 0.339 e. The van der Waals surface area contributed by atoms with Crippen LogP contribution < -0.4 is 5.32 Å². The van der Waals surface area contributed by atoms with Crippen LogP contribution in [0.25, 0.3) is 0 Å². The number of esters is 1. The van der Waals surface area contributed by atoms with Gasteiger partial charge >= 0.3 is 5.97 Å². The highest BCUT2D eigenvalue weighted by Crippen LogP contribution is 2.26. The summed E-state index contributed by atoms with van der Waals surface area (Å²) in [6.07, 6.45) is 0. The summed E-state index contributed by atoms with van der Waals surface area (Å²) in [5.41, 5.74) is 6.46. The molecule has 1 atom stereocenters. The molecule has 4 nitrogen and oxygen atoms in total. The van der Waals surface area contributed by atoms with Crippen molar-refractivity contribution in [1.29, 1.82) is 0 Å². The van der Waals surface area contributed by atoms with Crippen LogP contribution in [0.2, 0.25) is 5.02 Å². The minimum atomic E-state index is -0.475. The third-order valence-corrected chi connectivity index (χ3v) is 5.63. The zero-order valence-corrected chi connectivity index (χ0v) is 17.5. The fourth-order valence-electron chi connectivity index (χ4n) is 3.20. The molecule has 0 aliphatic rings. The van der Waals surface area contributed by atoms with E-state index >= 15 is 0 Å². The highest BCUT2D eigenvalue weighted by molar-refractivity contribution is 6.31. The molecule has 0 aliphatic carbocycles. The molecule has 1 amide bonds. The van der Waals surface area contributed by atoms with Crippen LogP contribution in [0.1, 0.15) is 56.7 Å². The summed E-state index contributed by atoms with van der Waals surface area (Å²) in [4.78, 5) is 24.8. The van der Waals surface area contributed by atoms with Gasteiger partial charge in [0.25, 0.3) is 5.91 Å². The minimum Gasteiger partial charge on any atom is -0.452 e. The molecule has 2 aromatic rings. The molecule has 0 unspecified atom stereocenters. The van der Waals surface area contributed by atoms with Gasteiger partial charge in [-0.1, -0.05) is 29.8 Å². The van der Waals surface area contributed by atoms with Crippen LogP contribution in [0, 0.1) is 34.6 Å². The second-order valence-electron chi connectivity index (χ2n) is 6.89. The number of carbonyl (C=O) groups excluding carboxylic acids is 2. The first kappa shape index (κ1) is 21.0. The van der Waals surface area contributed by atoms with Crippen LogP contribution in [0.15, 0.2) is 24.3 Å². The molecule has 0 aliphatic heterocycles. The molecule has 27 heavy (non-hydrogen) atoms. The normalized spacial score (nSPS) is 11.8. The average molecular weight is 388 g/mol. The predicted octanol–water partition coefficient (Wildman–Crippen LogP) is 4.92. The summed E-state index contributed by atoms with van der Waals surface area (Å²) in [7, 11) is 0. The Labute approximate surface area is 165 Å². The third kappa shape index (κ3) is 4.51. The van der Waals surface area contributed by atoms with Crippen molar-refractivity contribution in [1.82, 2.24) is 5.32 Å². The molecule has 1 N–H and O–H groups in total. The van der Waals surface area contributed by atoms with Crippen LogP contribution in [-0.4, -0.2) is 18.5 Å². The first-order valence-corrected chi connectivity index (χ1v) is 9.30. The monoisotopic (exact) mass is 387 g/mol. The highest BCUT2D eigenvalue weighted by Gasteiger charge is 2.21. The van der Waals surface area contributed by atoms with E-state index in [1.807, 2.05) is 59.7 Å². The number of ether oxygens (including phenoxy) is 1. The fourth-order valence-corrected chi connectivity index (χ4v) is 3.50. The number of hydrogen-bond acceptors (Lipinski definition) is 3. The molecule has 2 rings (SSSR count). The van der Waals surface area contributed by atoms with Gasteiger partial charge in [-0.15, -0.1) is 0 Å². The van der Waals surface area contributed by atoms with Gasteiger partial charge in [0.2, 0.25) is 0 Å². The van der Waals surface area contributed by atoms with E-state index < -0.39 is 5.97 Å². The van der Waals surface area contributed by atoms with E-state index in [0.717, 1.165) is 27.8 Å². The molecule has 0 aromatic heterocycles. The molecule has 0 spiro atoms. The molecule has 2 aromatic carbocycles. The number of hydrogen-bond donors (Lipinski definition) is 1. The van der Waals surface area contributed by atoms with Crippen molar-refractivity contribution in [3.05, 3.63) is 68.2 Å². The Balaban J connectivity index is 2.06. The van der Waals surface area contributed by atoms with Gasteiger partial charge in [-0.3, -0.25) is 4.79 Å². The molecular weight excluding hydrogens is 362 g/mol. The lowest BCUT2D eigenvalue weighted by atomic mass is 9.90. The van der Waals surface area contributed by atoms with Gasteiger partial charge in [-0.25, -0.2) is 4.79 Å². The molecule has 0 bridgehead atoms. The topological polar surface area (TPSA) is 55.4 Å². The van der Waals surface area contributed by atoms with Crippen LogP contribution in [0.5, 0.6) is 0 Å². The van der Waals surface area contributed by atoms with Crippen molar-refractivity contribution in [2.24, 2.45) is 0 Å². The van der Waals surface area contributed by atoms with Crippen molar-refractivity contribution < 1.29 is 14.3 Å². The van der Waals surface area contributed by atoms with E-state index in [2.05, 4.69) is 5.32 Å². The Bertz CT molecular complexity index is 860. The van der Waals surface area contributed by atoms with Gasteiger partial charge in [0, 0.05) is 5.02 Å². The van der Waals surface area contributed by atoms with Gasteiger partial charge < -0.3 is 10.1 Å². The van der Waals surface area contributed by atoms with Crippen molar-refractivity contribution >= 4 is 23.5 Å². The lowest BCUT2D eigenvalue weighted by Crippen LogP contribution is -2.31. The van der Waals surface area contributed by atoms with Crippen molar-refractivity contribution in [3.63, 3.8) is 0 Å². The zero-order valence-electron chi connectivity index (χ0n) is 16.7. The number of halogens is 1.